The molecule has 2 aromatic carbocycles. The summed E-state index contributed by atoms with van der Waals surface area (Å²) in [7, 11) is 0.799. The molecule has 3 rings (SSSR count). The molecule has 0 spiro atoms. The van der Waals surface area contributed by atoms with Crippen molar-refractivity contribution < 1.29 is 66.7 Å². The van der Waals surface area contributed by atoms with Crippen LogP contribution in [0.4, 0.5) is 57.1 Å². The Morgan fingerprint density at radius 2 is 1.50 bits per heavy atom. The van der Waals surface area contributed by atoms with Crippen molar-refractivity contribution in [1.29, 1.82) is 0 Å². The highest BCUT2D eigenvalue weighted by atomic mass is 35.5. The lowest BCUT2D eigenvalue weighted by Crippen LogP contribution is -2.41. The number of amides is 1. The van der Waals surface area contributed by atoms with Crippen LogP contribution < -0.4 is 0 Å². The van der Waals surface area contributed by atoms with E-state index in [2.05, 4.69) is 0 Å². The van der Waals surface area contributed by atoms with Gasteiger partial charge in [0, 0.05) is 29.6 Å². The molecular formula is C27H19ClF13NO2. The Kier molecular flexibility index (Phi) is 9.51. The van der Waals surface area contributed by atoms with Crippen molar-refractivity contribution in [2.75, 3.05) is 13.6 Å². The van der Waals surface area contributed by atoms with Crippen molar-refractivity contribution in [2.45, 2.75) is 49.9 Å². The fourth-order valence-corrected chi connectivity index (χ4v) is 4.76. The minimum Gasteiger partial charge on any atom is -0.336 e. The topological polar surface area (TPSA) is 37.4 Å². The molecule has 44 heavy (non-hydrogen) atoms. The molecule has 1 amide bonds. The van der Waals surface area contributed by atoms with Gasteiger partial charge in [-0.1, -0.05) is 23.7 Å². The first-order valence-corrected chi connectivity index (χ1v) is 12.6. The largest absolute Gasteiger partial charge is 0.417 e. The van der Waals surface area contributed by atoms with Crippen molar-refractivity contribution in [1.82, 2.24) is 4.90 Å². The quantitative estimate of drug-likeness (QED) is 0.207. The lowest BCUT2D eigenvalue weighted by molar-refractivity contribution is -0.161. The third kappa shape index (κ3) is 8.45. The Balaban J connectivity index is 1.99. The Morgan fingerprint density at radius 1 is 0.909 bits per heavy atom. The van der Waals surface area contributed by atoms with E-state index < -0.39 is 99.4 Å². The molecule has 0 heterocycles. The summed E-state index contributed by atoms with van der Waals surface area (Å²) in [6.07, 6.45) is -22.1. The number of nitrogens with zero attached hydrogens (tertiary/aromatic N) is 1. The molecule has 0 radical (unpaired) electrons. The molecule has 0 aliphatic heterocycles. The first-order chi connectivity index (χ1) is 19.8. The highest BCUT2D eigenvalue weighted by Gasteiger charge is 2.54. The number of carbonyl (C=O) groups is 2. The number of hydrogen-bond acceptors (Lipinski definition) is 2. The summed E-state index contributed by atoms with van der Waals surface area (Å²) >= 11 is 5.52. The molecule has 0 saturated heterocycles. The van der Waals surface area contributed by atoms with Crippen LogP contribution in [0.2, 0.25) is 5.02 Å². The first kappa shape index (κ1) is 35.2. The molecule has 1 atom stereocenters. The second kappa shape index (κ2) is 11.9. The molecule has 1 unspecified atom stereocenters. The van der Waals surface area contributed by atoms with E-state index in [1.807, 2.05) is 0 Å². The zero-order chi connectivity index (χ0) is 33.6. The van der Waals surface area contributed by atoms with Crippen LogP contribution in [-0.4, -0.2) is 42.5 Å². The Labute approximate surface area is 245 Å². The summed E-state index contributed by atoms with van der Waals surface area (Å²) < 4.78 is 176. The number of alkyl halides is 12. The monoisotopic (exact) mass is 671 g/mol. The van der Waals surface area contributed by atoms with E-state index in [1.54, 1.807) is 0 Å². The maximum atomic E-state index is 15.1. The summed E-state index contributed by atoms with van der Waals surface area (Å²) in [5.41, 5.74) is -8.52. The number of hydrogen-bond donors (Lipinski definition) is 0. The third-order valence-electron chi connectivity index (χ3n) is 6.74. The number of carbonyl (C=O) groups excluding carboxylic acids is 2. The van der Waals surface area contributed by atoms with Crippen LogP contribution in [0.1, 0.15) is 57.8 Å². The summed E-state index contributed by atoms with van der Waals surface area (Å²) in [4.78, 5) is 25.7. The maximum absolute atomic E-state index is 15.1. The van der Waals surface area contributed by atoms with E-state index in [9.17, 15) is 62.3 Å². The number of rotatable bonds is 8. The zero-order valence-electron chi connectivity index (χ0n) is 22.0. The minimum absolute atomic E-state index is 0.00276. The molecule has 1 aliphatic rings. The second-order valence-electron chi connectivity index (χ2n) is 10.2. The SMILES string of the molecule is CN(CC(F)(F)F)C(=O)C1(CC(=O)c2ccc(/C(F)=C/C(c3cc(Cl)cc(C(F)(F)F)c3)C(F)(F)F)cc2C(F)(F)F)CC1. The summed E-state index contributed by atoms with van der Waals surface area (Å²) in [5, 5.41) is -0.781. The number of halogens is 14. The average molecular weight is 672 g/mol. The van der Waals surface area contributed by atoms with Crippen molar-refractivity contribution >= 4 is 29.1 Å². The number of allylic oxidation sites excluding steroid dienone is 1. The molecule has 0 aromatic heterocycles. The van der Waals surface area contributed by atoms with Gasteiger partial charge in [0.05, 0.1) is 16.5 Å². The van der Waals surface area contributed by atoms with Crippen LogP contribution in [0.5, 0.6) is 0 Å². The van der Waals surface area contributed by atoms with Gasteiger partial charge in [0.2, 0.25) is 5.91 Å². The van der Waals surface area contributed by atoms with Crippen LogP contribution in [0.3, 0.4) is 0 Å². The fraction of sp³-hybridized carbons (Fsp3) is 0.407. The fourth-order valence-electron chi connectivity index (χ4n) is 4.51. The van der Waals surface area contributed by atoms with Crippen molar-refractivity contribution in [3.05, 3.63) is 75.3 Å². The lowest BCUT2D eigenvalue weighted by atomic mass is 9.90. The summed E-state index contributed by atoms with van der Waals surface area (Å²) in [6, 6.07) is 1.79. The number of benzene rings is 2. The predicted molar refractivity (Wildman–Crippen MR) is 130 cm³/mol. The first-order valence-electron chi connectivity index (χ1n) is 12.2. The van der Waals surface area contributed by atoms with E-state index in [0.29, 0.717) is 24.3 Å². The molecule has 1 saturated carbocycles. The van der Waals surface area contributed by atoms with E-state index >= 15 is 4.39 Å². The summed E-state index contributed by atoms with van der Waals surface area (Å²) in [5.74, 6) is -7.50. The van der Waals surface area contributed by atoms with Gasteiger partial charge < -0.3 is 4.90 Å². The minimum atomic E-state index is -5.43. The van der Waals surface area contributed by atoms with E-state index in [-0.39, 0.29) is 36.0 Å². The van der Waals surface area contributed by atoms with E-state index in [1.165, 1.54) is 0 Å². The maximum Gasteiger partial charge on any atom is 0.417 e. The molecule has 1 aliphatic carbocycles. The van der Waals surface area contributed by atoms with Gasteiger partial charge in [-0.15, -0.1) is 0 Å². The zero-order valence-corrected chi connectivity index (χ0v) is 22.8. The predicted octanol–water partition coefficient (Wildman–Crippen LogP) is 9.41. The number of Topliss-reactive ketones (excluding diaryl/α,β-unsaturated/α-hetero) is 1. The van der Waals surface area contributed by atoms with Crippen molar-refractivity contribution in [2.24, 2.45) is 5.41 Å². The Hall–Kier alpha value is -3.30. The molecule has 2 aromatic rings. The molecule has 17 heteroatoms. The van der Waals surface area contributed by atoms with Gasteiger partial charge in [-0.2, -0.15) is 52.7 Å². The van der Waals surface area contributed by atoms with Gasteiger partial charge in [0.15, 0.2) is 5.78 Å². The molecular weight excluding hydrogens is 653 g/mol. The standard InChI is InChI=1S/C27H19ClF13NO2/c1-42(12-24(30,31)32)22(44)23(4-5-23)11-21(43)17-3-2-13(8-19(17)27(39,40)41)20(29)10-18(26(36,37)38)14-6-15(25(33,34)35)9-16(28)7-14/h2-3,6-10,18H,4-5,11-12H2,1H3/b20-10-. The molecule has 0 N–H and O–H groups in total. The highest BCUT2D eigenvalue weighted by molar-refractivity contribution is 6.30. The number of ketones is 1. The van der Waals surface area contributed by atoms with E-state index in [4.69, 9.17) is 11.6 Å². The second-order valence-corrected chi connectivity index (χ2v) is 10.7. The van der Waals surface area contributed by atoms with Gasteiger partial charge in [-0.05, 0) is 48.7 Å². The van der Waals surface area contributed by atoms with Gasteiger partial charge in [-0.25, -0.2) is 4.39 Å². The third-order valence-corrected chi connectivity index (χ3v) is 6.96. The summed E-state index contributed by atoms with van der Waals surface area (Å²) in [6.45, 7) is -1.68. The van der Waals surface area contributed by atoms with Crippen LogP contribution in [-0.2, 0) is 17.1 Å². The van der Waals surface area contributed by atoms with Crippen LogP contribution in [0.25, 0.3) is 5.83 Å². The molecule has 242 valence electrons. The highest BCUT2D eigenvalue weighted by Crippen LogP contribution is 2.51. The van der Waals surface area contributed by atoms with Crippen LogP contribution in [0.15, 0.2) is 42.5 Å². The van der Waals surface area contributed by atoms with Crippen LogP contribution >= 0.6 is 11.6 Å². The lowest BCUT2D eigenvalue weighted by Gasteiger charge is -2.24. The van der Waals surface area contributed by atoms with Gasteiger partial charge in [-0.3, -0.25) is 9.59 Å². The van der Waals surface area contributed by atoms with Gasteiger partial charge in [0.25, 0.3) is 0 Å². The molecule has 3 nitrogen and oxygen atoms in total. The Morgan fingerprint density at radius 3 is 1.98 bits per heavy atom. The normalized spacial score (nSPS) is 16.5. The van der Waals surface area contributed by atoms with Gasteiger partial charge in [0.1, 0.15) is 18.3 Å². The molecule has 1 fully saturated rings. The van der Waals surface area contributed by atoms with Crippen LogP contribution in [0, 0.1) is 5.41 Å². The smallest absolute Gasteiger partial charge is 0.336 e. The van der Waals surface area contributed by atoms with Gasteiger partial charge >= 0.3 is 24.7 Å². The average Bonchev–Trinajstić information content (AvgIpc) is 3.63. The van der Waals surface area contributed by atoms with E-state index in [0.717, 1.165) is 7.05 Å². The Bertz CT molecular complexity index is 1450. The van der Waals surface area contributed by atoms with Crippen molar-refractivity contribution in [3.8, 4) is 0 Å². The molecule has 0 bridgehead atoms. The van der Waals surface area contributed by atoms with Crippen molar-refractivity contribution in [3.63, 3.8) is 0 Å².